The number of nitrogens with one attached hydrogen (secondary N) is 1. The lowest BCUT2D eigenvalue weighted by molar-refractivity contribution is 0.273. The molecule has 0 spiro atoms. The molecule has 4 nitrogen and oxygen atoms in total. The van der Waals surface area contributed by atoms with Gasteiger partial charge in [-0.2, -0.15) is 0 Å². The van der Waals surface area contributed by atoms with E-state index in [2.05, 4.69) is 44.5 Å². The monoisotopic (exact) mass is 395 g/mol. The predicted molar refractivity (Wildman–Crippen MR) is 111 cm³/mol. The third kappa shape index (κ3) is 6.88. The summed E-state index contributed by atoms with van der Waals surface area (Å²) < 4.78 is 34.0. The van der Waals surface area contributed by atoms with Crippen LogP contribution in [0.4, 0.5) is 0 Å². The maximum Gasteiger partial charge on any atom is 0.240 e. The first-order valence-corrected chi connectivity index (χ1v) is 13.4. The van der Waals surface area contributed by atoms with Gasteiger partial charge < -0.3 is 4.43 Å². The number of terminal acetylenes is 1. The van der Waals surface area contributed by atoms with Crippen LogP contribution >= 0.6 is 0 Å². The number of rotatable bonds is 9. The van der Waals surface area contributed by atoms with Gasteiger partial charge in [0.05, 0.1) is 4.90 Å². The third-order valence-electron chi connectivity index (χ3n) is 4.98. The second-order valence-electron chi connectivity index (χ2n) is 8.29. The van der Waals surface area contributed by atoms with E-state index in [1.165, 1.54) is 0 Å². The molecule has 0 saturated carbocycles. The molecule has 0 fully saturated rings. The van der Waals surface area contributed by atoms with Gasteiger partial charge in [0, 0.05) is 19.1 Å². The summed E-state index contributed by atoms with van der Waals surface area (Å²) in [5.74, 6) is 2.57. The number of aryl methyl sites for hydroxylation is 1. The van der Waals surface area contributed by atoms with Gasteiger partial charge in [0.15, 0.2) is 8.32 Å². The van der Waals surface area contributed by atoms with Crippen molar-refractivity contribution in [3.8, 4) is 12.3 Å². The molecule has 0 amide bonds. The van der Waals surface area contributed by atoms with E-state index in [9.17, 15) is 8.42 Å². The Kier molecular flexibility index (Phi) is 8.09. The largest absolute Gasteiger partial charge is 0.417 e. The first kappa shape index (κ1) is 22.9. The SMILES string of the molecule is C#CCC(CCCO[Si](C)(C)C(C)(C)C)NS(=O)(=O)c1ccc(C)cc1. The zero-order valence-corrected chi connectivity index (χ0v) is 18.7. The van der Waals surface area contributed by atoms with E-state index in [1.54, 1.807) is 24.3 Å². The fourth-order valence-corrected chi connectivity index (χ4v) is 4.58. The Bertz CT molecular complexity index is 713. The molecule has 1 unspecified atom stereocenters. The minimum absolute atomic E-state index is 0.165. The van der Waals surface area contributed by atoms with Crippen molar-refractivity contribution in [2.75, 3.05) is 6.61 Å². The first-order chi connectivity index (χ1) is 11.9. The van der Waals surface area contributed by atoms with Crippen molar-refractivity contribution in [3.63, 3.8) is 0 Å². The molecular weight excluding hydrogens is 362 g/mol. The van der Waals surface area contributed by atoms with Crippen LogP contribution in [0.2, 0.25) is 18.1 Å². The van der Waals surface area contributed by atoms with E-state index in [0.29, 0.717) is 19.4 Å². The molecule has 1 rings (SSSR count). The van der Waals surface area contributed by atoms with E-state index in [4.69, 9.17) is 10.8 Å². The zero-order chi connectivity index (χ0) is 20.0. The summed E-state index contributed by atoms with van der Waals surface area (Å²) in [5, 5.41) is 0.165. The van der Waals surface area contributed by atoms with Crippen molar-refractivity contribution in [3.05, 3.63) is 29.8 Å². The van der Waals surface area contributed by atoms with E-state index in [0.717, 1.165) is 12.0 Å². The molecule has 0 aromatic heterocycles. The summed E-state index contributed by atoms with van der Waals surface area (Å²) in [6, 6.07) is 6.53. The molecule has 0 saturated heterocycles. The lowest BCUT2D eigenvalue weighted by Gasteiger charge is -2.36. The molecule has 0 heterocycles. The normalized spacial score (nSPS) is 14.0. The third-order valence-corrected chi connectivity index (χ3v) is 11.1. The molecule has 1 N–H and O–H groups in total. The minimum atomic E-state index is -3.56. The fraction of sp³-hybridized carbons (Fsp3) is 0.600. The average Bonchev–Trinajstić information content (AvgIpc) is 2.50. The quantitative estimate of drug-likeness (QED) is 0.381. The van der Waals surface area contributed by atoms with Crippen LogP contribution in [0.5, 0.6) is 0 Å². The Morgan fingerprint density at radius 1 is 1.23 bits per heavy atom. The van der Waals surface area contributed by atoms with Gasteiger partial charge in [-0.1, -0.05) is 38.5 Å². The average molecular weight is 396 g/mol. The molecular formula is C20H33NO3SSi. The molecule has 0 aliphatic carbocycles. The molecule has 0 aliphatic rings. The Labute approximate surface area is 160 Å². The molecule has 1 atom stereocenters. The number of hydrogen-bond acceptors (Lipinski definition) is 3. The Morgan fingerprint density at radius 3 is 2.31 bits per heavy atom. The highest BCUT2D eigenvalue weighted by molar-refractivity contribution is 7.89. The number of hydrogen-bond donors (Lipinski definition) is 1. The predicted octanol–water partition coefficient (Wildman–Crippen LogP) is 4.47. The Hall–Kier alpha value is -1.13. The van der Waals surface area contributed by atoms with Gasteiger partial charge in [-0.25, -0.2) is 13.1 Å². The number of benzene rings is 1. The number of sulfonamides is 1. The summed E-state index contributed by atoms with van der Waals surface area (Å²) in [6.07, 6.45) is 7.22. The maximum atomic E-state index is 12.5. The highest BCUT2D eigenvalue weighted by atomic mass is 32.2. The van der Waals surface area contributed by atoms with E-state index >= 15 is 0 Å². The van der Waals surface area contributed by atoms with Crippen LogP contribution in [0.15, 0.2) is 29.2 Å². The molecule has 1 aromatic carbocycles. The maximum absolute atomic E-state index is 12.5. The molecule has 0 radical (unpaired) electrons. The van der Waals surface area contributed by atoms with Gasteiger partial charge in [0.1, 0.15) is 0 Å². The van der Waals surface area contributed by atoms with Gasteiger partial charge in [-0.3, -0.25) is 0 Å². The second-order valence-corrected chi connectivity index (χ2v) is 14.8. The lowest BCUT2D eigenvalue weighted by atomic mass is 10.1. The van der Waals surface area contributed by atoms with Gasteiger partial charge in [0.25, 0.3) is 0 Å². The van der Waals surface area contributed by atoms with Crippen LogP contribution in [-0.2, 0) is 14.4 Å². The van der Waals surface area contributed by atoms with Crippen molar-refractivity contribution < 1.29 is 12.8 Å². The molecule has 6 heteroatoms. The van der Waals surface area contributed by atoms with Crippen LogP contribution in [0.1, 0.15) is 45.6 Å². The summed E-state index contributed by atoms with van der Waals surface area (Å²) in [6.45, 7) is 13.6. The minimum Gasteiger partial charge on any atom is -0.417 e. The van der Waals surface area contributed by atoms with Crippen molar-refractivity contribution in [2.45, 2.75) is 76.0 Å². The summed E-state index contributed by atoms with van der Waals surface area (Å²) >= 11 is 0. The van der Waals surface area contributed by atoms with Gasteiger partial charge in [-0.15, -0.1) is 12.3 Å². The van der Waals surface area contributed by atoms with E-state index in [-0.39, 0.29) is 16.0 Å². The van der Waals surface area contributed by atoms with Crippen LogP contribution in [-0.4, -0.2) is 29.4 Å². The highest BCUT2D eigenvalue weighted by Crippen LogP contribution is 2.36. The lowest BCUT2D eigenvalue weighted by Crippen LogP contribution is -2.41. The van der Waals surface area contributed by atoms with E-state index in [1.807, 2.05) is 6.92 Å². The van der Waals surface area contributed by atoms with Crippen molar-refractivity contribution in [1.29, 1.82) is 0 Å². The molecule has 146 valence electrons. The highest BCUT2D eigenvalue weighted by Gasteiger charge is 2.36. The molecule has 26 heavy (non-hydrogen) atoms. The topological polar surface area (TPSA) is 55.4 Å². The van der Waals surface area contributed by atoms with Crippen LogP contribution in [0.25, 0.3) is 0 Å². The Morgan fingerprint density at radius 2 is 1.81 bits per heavy atom. The fourth-order valence-electron chi connectivity index (χ4n) is 2.22. The van der Waals surface area contributed by atoms with Crippen molar-refractivity contribution >= 4 is 18.3 Å². The summed E-state index contributed by atoms with van der Waals surface area (Å²) in [4.78, 5) is 0.266. The molecule has 1 aromatic rings. The summed E-state index contributed by atoms with van der Waals surface area (Å²) in [7, 11) is -5.34. The molecule has 0 bridgehead atoms. The first-order valence-electron chi connectivity index (χ1n) is 9.05. The second kappa shape index (κ2) is 9.18. The zero-order valence-electron chi connectivity index (χ0n) is 16.9. The van der Waals surface area contributed by atoms with Gasteiger partial charge in [0.2, 0.25) is 10.0 Å². The van der Waals surface area contributed by atoms with Gasteiger partial charge in [-0.05, 0) is 50.0 Å². The van der Waals surface area contributed by atoms with Crippen LogP contribution < -0.4 is 4.72 Å². The van der Waals surface area contributed by atoms with Crippen molar-refractivity contribution in [2.24, 2.45) is 0 Å². The van der Waals surface area contributed by atoms with Gasteiger partial charge >= 0.3 is 0 Å². The smallest absolute Gasteiger partial charge is 0.240 e. The Balaban J connectivity index is 2.64. The van der Waals surface area contributed by atoms with Crippen molar-refractivity contribution in [1.82, 2.24) is 4.72 Å². The molecule has 0 aliphatic heterocycles. The standard InChI is InChI=1S/C20H33NO3SSi/c1-8-10-18(11-9-16-24-26(6,7)20(3,4)5)21-25(22,23)19-14-12-17(2)13-15-19/h1,12-15,18,21H,9-11,16H2,2-7H3. The van der Waals surface area contributed by atoms with Crippen LogP contribution in [0.3, 0.4) is 0 Å². The summed E-state index contributed by atoms with van der Waals surface area (Å²) in [5.41, 5.74) is 1.02. The van der Waals surface area contributed by atoms with E-state index < -0.39 is 18.3 Å². The van der Waals surface area contributed by atoms with Crippen LogP contribution in [0, 0.1) is 19.3 Å².